The molecule has 3 fully saturated rings. The first-order valence-corrected chi connectivity index (χ1v) is 11.8. The number of likely N-dealkylation sites (tertiary alicyclic amines) is 2. The summed E-state index contributed by atoms with van der Waals surface area (Å²) in [6.07, 6.45) is 13.8. The van der Waals surface area contributed by atoms with Gasteiger partial charge < -0.3 is 4.90 Å². The summed E-state index contributed by atoms with van der Waals surface area (Å²) >= 11 is 0. The lowest BCUT2D eigenvalue weighted by Crippen LogP contribution is -2.48. The quantitative estimate of drug-likeness (QED) is 0.712. The van der Waals surface area contributed by atoms with Gasteiger partial charge in [0.25, 0.3) is 0 Å². The maximum atomic E-state index is 12.9. The monoisotopic (exact) mass is 394 g/mol. The third kappa shape index (κ3) is 5.12. The van der Waals surface area contributed by atoms with Gasteiger partial charge in [-0.1, -0.05) is 49.6 Å². The molecule has 4 rings (SSSR count). The van der Waals surface area contributed by atoms with E-state index >= 15 is 0 Å². The molecule has 1 aliphatic carbocycles. The number of rotatable bonds is 4. The van der Waals surface area contributed by atoms with Crippen molar-refractivity contribution in [2.24, 2.45) is 17.8 Å². The smallest absolute Gasteiger partial charge is 0.236 e. The van der Waals surface area contributed by atoms with Crippen molar-refractivity contribution in [3.05, 3.63) is 41.0 Å². The normalized spacial score (nSPS) is 26.6. The zero-order valence-electron chi connectivity index (χ0n) is 18.4. The van der Waals surface area contributed by atoms with E-state index in [4.69, 9.17) is 0 Å². The second-order valence-corrected chi connectivity index (χ2v) is 9.71. The molecule has 3 nitrogen and oxygen atoms in total. The first kappa shape index (κ1) is 20.7. The molecule has 0 bridgehead atoms. The Labute approximate surface area is 177 Å². The highest BCUT2D eigenvalue weighted by molar-refractivity contribution is 5.78. The van der Waals surface area contributed by atoms with E-state index in [1.54, 1.807) is 0 Å². The predicted octanol–water partition coefficient (Wildman–Crippen LogP) is 5.07. The van der Waals surface area contributed by atoms with E-state index in [-0.39, 0.29) is 0 Å². The van der Waals surface area contributed by atoms with E-state index in [1.165, 1.54) is 48.8 Å². The molecule has 2 saturated heterocycles. The minimum absolute atomic E-state index is 0.358. The highest BCUT2D eigenvalue weighted by Crippen LogP contribution is 2.36. The number of carbonyl (C=O) groups is 1. The van der Waals surface area contributed by atoms with Gasteiger partial charge >= 0.3 is 0 Å². The number of carbonyl (C=O) groups excluding carboxylic acids is 1. The molecule has 0 spiro atoms. The number of fused-ring (bicyclic) bond motifs is 1. The molecule has 1 amide bonds. The van der Waals surface area contributed by atoms with Crippen molar-refractivity contribution in [2.45, 2.75) is 58.8 Å². The predicted molar refractivity (Wildman–Crippen MR) is 121 cm³/mol. The summed E-state index contributed by atoms with van der Waals surface area (Å²) in [6.45, 7) is 9.13. The van der Waals surface area contributed by atoms with E-state index < -0.39 is 0 Å². The third-order valence-electron chi connectivity index (χ3n) is 7.70. The minimum atomic E-state index is 0.358. The lowest BCUT2D eigenvalue weighted by Gasteiger charge is -2.41. The van der Waals surface area contributed by atoms with Gasteiger partial charge in [-0.2, -0.15) is 0 Å². The molecule has 2 heterocycles. The summed E-state index contributed by atoms with van der Waals surface area (Å²) in [6, 6.07) is 6.50. The summed E-state index contributed by atoms with van der Waals surface area (Å²) in [5.41, 5.74) is 4.04. The second kappa shape index (κ2) is 9.47. The van der Waals surface area contributed by atoms with Crippen LogP contribution in [0.3, 0.4) is 0 Å². The van der Waals surface area contributed by atoms with E-state index in [1.807, 2.05) is 0 Å². The number of amides is 1. The van der Waals surface area contributed by atoms with Crippen molar-refractivity contribution in [1.29, 1.82) is 0 Å². The summed E-state index contributed by atoms with van der Waals surface area (Å²) in [5, 5.41) is 0. The summed E-state index contributed by atoms with van der Waals surface area (Å²) in [7, 11) is 0. The number of allylic oxidation sites excluding steroid dienone is 1. The summed E-state index contributed by atoms with van der Waals surface area (Å²) in [5.74, 6) is 2.74. The molecule has 3 aliphatic rings. The standard InChI is InChI=1S/C26H38N2O/c1-20-6-5-7-21(2)25(20)11-10-22-12-16-28(17-13-22)26(29)19-27-15-14-23-8-3-4-9-24(23)18-27/h5-7,10-11,22-24H,3-4,8-9,12-19H2,1-2H3/b11-10+. The van der Waals surface area contributed by atoms with Gasteiger partial charge in [-0.3, -0.25) is 9.69 Å². The molecular formula is C26H38N2O. The molecule has 29 heavy (non-hydrogen) atoms. The van der Waals surface area contributed by atoms with Crippen molar-refractivity contribution in [3.63, 3.8) is 0 Å². The average Bonchev–Trinajstić information content (AvgIpc) is 2.74. The summed E-state index contributed by atoms with van der Waals surface area (Å²) in [4.78, 5) is 17.4. The summed E-state index contributed by atoms with van der Waals surface area (Å²) < 4.78 is 0. The van der Waals surface area contributed by atoms with Gasteiger partial charge in [0.05, 0.1) is 6.54 Å². The molecule has 2 aliphatic heterocycles. The Kier molecular flexibility index (Phi) is 6.74. The number of piperidine rings is 2. The van der Waals surface area contributed by atoms with Gasteiger partial charge in [0, 0.05) is 19.6 Å². The Morgan fingerprint density at radius 1 is 0.966 bits per heavy atom. The van der Waals surface area contributed by atoms with Gasteiger partial charge in [0.1, 0.15) is 0 Å². The Balaban J connectivity index is 1.24. The van der Waals surface area contributed by atoms with E-state index in [0.29, 0.717) is 18.4 Å². The van der Waals surface area contributed by atoms with Gasteiger partial charge in [-0.05, 0) is 80.5 Å². The Morgan fingerprint density at radius 3 is 2.38 bits per heavy atom. The molecule has 0 aromatic heterocycles. The van der Waals surface area contributed by atoms with Crippen molar-refractivity contribution < 1.29 is 4.79 Å². The van der Waals surface area contributed by atoms with Crippen LogP contribution in [-0.2, 0) is 4.79 Å². The van der Waals surface area contributed by atoms with Crippen molar-refractivity contribution >= 4 is 12.0 Å². The molecule has 2 unspecified atom stereocenters. The zero-order valence-corrected chi connectivity index (χ0v) is 18.4. The zero-order chi connectivity index (χ0) is 20.2. The fourth-order valence-corrected chi connectivity index (χ4v) is 5.77. The van der Waals surface area contributed by atoms with Gasteiger partial charge in [-0.25, -0.2) is 0 Å². The van der Waals surface area contributed by atoms with Crippen LogP contribution >= 0.6 is 0 Å². The van der Waals surface area contributed by atoms with Crippen molar-refractivity contribution in [3.8, 4) is 0 Å². The van der Waals surface area contributed by atoms with Crippen molar-refractivity contribution in [2.75, 3.05) is 32.7 Å². The molecule has 0 N–H and O–H groups in total. The van der Waals surface area contributed by atoms with E-state index in [9.17, 15) is 4.79 Å². The SMILES string of the molecule is Cc1cccc(C)c1/C=C/C1CCN(C(=O)CN2CCC3CCCCC3C2)CC1. The molecule has 1 aromatic carbocycles. The number of hydrogen-bond acceptors (Lipinski definition) is 2. The number of benzene rings is 1. The Morgan fingerprint density at radius 2 is 1.66 bits per heavy atom. The highest BCUT2D eigenvalue weighted by Gasteiger charge is 2.32. The maximum Gasteiger partial charge on any atom is 0.236 e. The van der Waals surface area contributed by atoms with Crippen LogP contribution in [0.15, 0.2) is 24.3 Å². The number of hydrogen-bond donors (Lipinski definition) is 0. The molecule has 3 heteroatoms. The molecular weight excluding hydrogens is 356 g/mol. The average molecular weight is 395 g/mol. The first-order valence-electron chi connectivity index (χ1n) is 11.8. The largest absolute Gasteiger partial charge is 0.342 e. The first-order chi connectivity index (χ1) is 14.1. The third-order valence-corrected chi connectivity index (χ3v) is 7.70. The number of aryl methyl sites for hydroxylation is 2. The van der Waals surface area contributed by atoms with Gasteiger partial charge in [0.2, 0.25) is 5.91 Å². The molecule has 1 aromatic rings. The van der Waals surface area contributed by atoms with E-state index in [0.717, 1.165) is 50.9 Å². The number of nitrogens with zero attached hydrogens (tertiary/aromatic N) is 2. The van der Waals surface area contributed by atoms with Crippen LogP contribution in [0, 0.1) is 31.6 Å². The fraction of sp³-hybridized carbons (Fsp3) is 0.654. The second-order valence-electron chi connectivity index (χ2n) is 9.71. The topological polar surface area (TPSA) is 23.6 Å². The van der Waals surface area contributed by atoms with Gasteiger partial charge in [0.15, 0.2) is 0 Å². The van der Waals surface area contributed by atoms with E-state index in [2.05, 4.69) is 54.0 Å². The van der Waals surface area contributed by atoms with Crippen LogP contribution in [0.25, 0.3) is 6.08 Å². The van der Waals surface area contributed by atoms with Crippen LogP contribution in [0.2, 0.25) is 0 Å². The van der Waals surface area contributed by atoms with Crippen LogP contribution in [0.1, 0.15) is 61.6 Å². The lowest BCUT2D eigenvalue weighted by atomic mass is 9.75. The van der Waals surface area contributed by atoms with Crippen molar-refractivity contribution in [1.82, 2.24) is 9.80 Å². The Hall–Kier alpha value is -1.61. The fourth-order valence-electron chi connectivity index (χ4n) is 5.77. The Bertz CT molecular complexity index is 712. The lowest BCUT2D eigenvalue weighted by molar-refractivity contribution is -0.134. The van der Waals surface area contributed by atoms with Crippen LogP contribution < -0.4 is 0 Å². The van der Waals surface area contributed by atoms with Crippen LogP contribution in [-0.4, -0.2) is 48.4 Å². The van der Waals surface area contributed by atoms with Crippen LogP contribution in [0.4, 0.5) is 0 Å². The molecule has 2 atom stereocenters. The minimum Gasteiger partial charge on any atom is -0.342 e. The maximum absolute atomic E-state index is 12.9. The highest BCUT2D eigenvalue weighted by atomic mass is 16.2. The molecule has 0 radical (unpaired) electrons. The molecule has 158 valence electrons. The molecule has 1 saturated carbocycles. The van der Waals surface area contributed by atoms with Crippen LogP contribution in [0.5, 0.6) is 0 Å². The van der Waals surface area contributed by atoms with Gasteiger partial charge in [-0.15, -0.1) is 0 Å².